The molecule has 0 aromatic rings. The zero-order valence-corrected chi connectivity index (χ0v) is 12.4. The highest BCUT2D eigenvalue weighted by Gasteiger charge is 2.73. The number of allylic oxidation sites excluding steroid dienone is 1. The first-order valence-electron chi connectivity index (χ1n) is 8.01. The number of rotatable bonds is 1. The summed E-state index contributed by atoms with van der Waals surface area (Å²) < 4.78 is 0. The molecule has 0 heterocycles. The van der Waals surface area contributed by atoms with Gasteiger partial charge in [-0.15, -0.1) is 0 Å². The Labute approximate surface area is 120 Å². The second-order valence-corrected chi connectivity index (χ2v) is 8.09. The van der Waals surface area contributed by atoms with Crippen LogP contribution >= 0.6 is 0 Å². The molecular weight excluding hydrogens is 252 g/mol. The van der Waals surface area contributed by atoms with Crippen molar-refractivity contribution in [3.8, 4) is 0 Å². The van der Waals surface area contributed by atoms with Gasteiger partial charge in [-0.1, -0.05) is 20.3 Å². The molecule has 20 heavy (non-hydrogen) atoms. The number of hydrogen-bond acceptors (Lipinski definition) is 2. The second-order valence-electron chi connectivity index (χ2n) is 8.09. The minimum absolute atomic E-state index is 0.0334. The molecule has 0 amide bonds. The van der Waals surface area contributed by atoms with Gasteiger partial charge in [0, 0.05) is 5.41 Å². The molecule has 4 aliphatic carbocycles. The Hall–Kier alpha value is -0.830. The van der Waals surface area contributed by atoms with E-state index in [4.69, 9.17) is 0 Å². The van der Waals surface area contributed by atoms with Crippen LogP contribution in [0.5, 0.6) is 0 Å². The molecule has 0 radical (unpaired) electrons. The molecule has 0 aromatic carbocycles. The molecule has 2 N–H and O–H groups in total. The van der Waals surface area contributed by atoms with Crippen LogP contribution in [-0.2, 0) is 4.79 Å². The first-order chi connectivity index (χ1) is 9.36. The topological polar surface area (TPSA) is 57.5 Å². The molecule has 3 fully saturated rings. The number of carboxylic acid groups (broad SMARTS) is 1. The summed E-state index contributed by atoms with van der Waals surface area (Å²) in [5.74, 6) is -0.255. The predicted molar refractivity (Wildman–Crippen MR) is 75.1 cm³/mol. The average molecular weight is 276 g/mol. The van der Waals surface area contributed by atoms with Gasteiger partial charge in [0.05, 0.1) is 11.7 Å². The van der Waals surface area contributed by atoms with Crippen LogP contribution in [0.1, 0.15) is 58.8 Å². The standard InChI is InChI=1S/C17H24O3/c1-15-5-3-6-16(2)10(4-7-15)8-11-13(14(19)20)12(18)9-17(11,15)16/h10,12,18H,3-9H2,1-2H3,(H,19,20). The summed E-state index contributed by atoms with van der Waals surface area (Å²) in [6, 6.07) is 0. The van der Waals surface area contributed by atoms with Crippen LogP contribution in [0.15, 0.2) is 11.1 Å². The van der Waals surface area contributed by atoms with Crippen molar-refractivity contribution in [2.75, 3.05) is 0 Å². The van der Waals surface area contributed by atoms with Gasteiger partial charge in [-0.3, -0.25) is 0 Å². The number of aliphatic hydroxyl groups excluding tert-OH is 1. The zero-order valence-electron chi connectivity index (χ0n) is 12.4. The molecule has 5 atom stereocenters. The Balaban J connectivity index is 2.01. The van der Waals surface area contributed by atoms with Crippen LogP contribution in [0.2, 0.25) is 0 Å². The van der Waals surface area contributed by atoms with E-state index in [1.807, 2.05) is 0 Å². The van der Waals surface area contributed by atoms with Crippen molar-refractivity contribution >= 4 is 5.97 Å². The molecular formula is C17H24O3. The van der Waals surface area contributed by atoms with Crippen molar-refractivity contribution in [2.24, 2.45) is 22.2 Å². The van der Waals surface area contributed by atoms with Gasteiger partial charge in [-0.25, -0.2) is 4.79 Å². The van der Waals surface area contributed by atoms with Crippen LogP contribution < -0.4 is 0 Å². The van der Waals surface area contributed by atoms with Crippen molar-refractivity contribution in [1.29, 1.82) is 0 Å². The minimum atomic E-state index is -0.887. The summed E-state index contributed by atoms with van der Waals surface area (Å²) in [6.45, 7) is 4.75. The third-order valence-electron chi connectivity index (χ3n) is 7.73. The number of hydrogen-bond donors (Lipinski definition) is 2. The summed E-state index contributed by atoms with van der Waals surface area (Å²) in [5.41, 5.74) is 1.86. The summed E-state index contributed by atoms with van der Waals surface area (Å²) in [6.07, 6.45) is 6.93. The largest absolute Gasteiger partial charge is 0.478 e. The van der Waals surface area contributed by atoms with E-state index in [9.17, 15) is 15.0 Å². The van der Waals surface area contributed by atoms with E-state index in [0.29, 0.717) is 17.9 Å². The minimum Gasteiger partial charge on any atom is -0.478 e. The van der Waals surface area contributed by atoms with Gasteiger partial charge in [0.1, 0.15) is 0 Å². The average Bonchev–Trinajstić information content (AvgIpc) is 2.71. The molecule has 3 nitrogen and oxygen atoms in total. The van der Waals surface area contributed by atoms with E-state index in [1.165, 1.54) is 32.1 Å². The Morgan fingerprint density at radius 2 is 2.00 bits per heavy atom. The highest BCUT2D eigenvalue weighted by Crippen LogP contribution is 2.80. The molecule has 0 aliphatic heterocycles. The predicted octanol–water partition coefficient (Wildman–Crippen LogP) is 3.13. The van der Waals surface area contributed by atoms with Crippen LogP contribution in [-0.4, -0.2) is 22.3 Å². The van der Waals surface area contributed by atoms with E-state index < -0.39 is 12.1 Å². The Bertz CT molecular complexity index is 536. The fraction of sp³-hybridized carbons (Fsp3) is 0.824. The second kappa shape index (κ2) is 3.49. The van der Waals surface area contributed by atoms with Gasteiger partial charge in [-0.05, 0) is 60.8 Å². The number of carboxylic acids is 1. The molecule has 4 rings (SSSR count). The lowest BCUT2D eigenvalue weighted by Crippen LogP contribution is -2.56. The number of aliphatic hydroxyl groups is 1. The summed E-state index contributed by atoms with van der Waals surface area (Å²) in [7, 11) is 0. The van der Waals surface area contributed by atoms with Gasteiger partial charge in [-0.2, -0.15) is 0 Å². The van der Waals surface area contributed by atoms with E-state index in [-0.39, 0.29) is 16.2 Å². The van der Waals surface area contributed by atoms with Gasteiger partial charge in [0.25, 0.3) is 0 Å². The molecule has 0 aromatic heterocycles. The maximum Gasteiger partial charge on any atom is 0.334 e. The van der Waals surface area contributed by atoms with Crippen molar-refractivity contribution in [2.45, 2.75) is 64.9 Å². The summed E-state index contributed by atoms with van der Waals surface area (Å²) in [4.78, 5) is 11.7. The van der Waals surface area contributed by atoms with E-state index in [2.05, 4.69) is 13.8 Å². The molecule has 3 saturated carbocycles. The molecule has 4 bridgehead atoms. The molecule has 110 valence electrons. The Morgan fingerprint density at radius 1 is 1.25 bits per heavy atom. The Kier molecular flexibility index (Phi) is 2.25. The SMILES string of the molecule is CC12CCCC3(C)C(CC1)CC1=C(C(=O)O)C(O)CC123. The highest BCUT2D eigenvalue weighted by molar-refractivity contribution is 5.90. The van der Waals surface area contributed by atoms with Crippen molar-refractivity contribution < 1.29 is 15.0 Å². The van der Waals surface area contributed by atoms with Crippen LogP contribution in [0, 0.1) is 22.2 Å². The lowest BCUT2D eigenvalue weighted by molar-refractivity contribution is -0.137. The van der Waals surface area contributed by atoms with Crippen LogP contribution in [0.25, 0.3) is 0 Å². The molecule has 5 unspecified atom stereocenters. The maximum atomic E-state index is 11.7. The third-order valence-corrected chi connectivity index (χ3v) is 7.73. The van der Waals surface area contributed by atoms with Crippen molar-refractivity contribution in [1.82, 2.24) is 0 Å². The van der Waals surface area contributed by atoms with Crippen LogP contribution in [0.3, 0.4) is 0 Å². The monoisotopic (exact) mass is 276 g/mol. The maximum absolute atomic E-state index is 11.7. The van der Waals surface area contributed by atoms with Crippen LogP contribution in [0.4, 0.5) is 0 Å². The normalized spacial score (nSPS) is 53.1. The van der Waals surface area contributed by atoms with Gasteiger partial charge in [0.15, 0.2) is 0 Å². The fourth-order valence-electron chi connectivity index (χ4n) is 6.93. The number of carbonyl (C=O) groups is 1. The van der Waals surface area contributed by atoms with Gasteiger partial charge >= 0.3 is 5.97 Å². The van der Waals surface area contributed by atoms with E-state index >= 15 is 0 Å². The quantitative estimate of drug-likeness (QED) is 0.773. The lowest BCUT2D eigenvalue weighted by Gasteiger charge is -2.63. The third kappa shape index (κ3) is 1.09. The van der Waals surface area contributed by atoms with Crippen molar-refractivity contribution in [3.05, 3.63) is 11.1 Å². The Morgan fingerprint density at radius 3 is 2.70 bits per heavy atom. The smallest absolute Gasteiger partial charge is 0.334 e. The first-order valence-corrected chi connectivity index (χ1v) is 8.01. The fourth-order valence-corrected chi connectivity index (χ4v) is 6.93. The summed E-state index contributed by atoms with van der Waals surface area (Å²) in [5, 5.41) is 20.0. The van der Waals surface area contributed by atoms with E-state index in [1.54, 1.807) is 0 Å². The number of aliphatic carboxylic acids is 1. The zero-order chi connectivity index (χ0) is 14.3. The van der Waals surface area contributed by atoms with Crippen molar-refractivity contribution in [3.63, 3.8) is 0 Å². The van der Waals surface area contributed by atoms with Gasteiger partial charge in [0.2, 0.25) is 0 Å². The van der Waals surface area contributed by atoms with Gasteiger partial charge < -0.3 is 10.2 Å². The van der Waals surface area contributed by atoms with E-state index in [0.717, 1.165) is 12.0 Å². The molecule has 1 spiro atoms. The molecule has 3 heteroatoms. The summed E-state index contributed by atoms with van der Waals surface area (Å²) >= 11 is 0. The highest BCUT2D eigenvalue weighted by atomic mass is 16.4. The lowest BCUT2D eigenvalue weighted by atomic mass is 9.41. The molecule has 4 aliphatic rings. The molecule has 0 saturated heterocycles. The first kappa shape index (κ1) is 12.9.